The highest BCUT2D eigenvalue weighted by Gasteiger charge is 2.32. The van der Waals surface area contributed by atoms with Crippen molar-refractivity contribution in [2.45, 2.75) is 12.4 Å². The van der Waals surface area contributed by atoms with Crippen LogP contribution in [0.2, 0.25) is 0 Å². The Bertz CT molecular complexity index is 480. The number of halogens is 6. The molecule has 1 aromatic carbocycles. The van der Waals surface area contributed by atoms with Crippen molar-refractivity contribution >= 4 is 12.4 Å². The lowest BCUT2D eigenvalue weighted by atomic mass is 10.0. The van der Waals surface area contributed by atoms with E-state index in [2.05, 4.69) is 10.1 Å². The molecule has 1 aliphatic rings. The highest BCUT2D eigenvalue weighted by atomic mass is 35.5. The van der Waals surface area contributed by atoms with Crippen molar-refractivity contribution in [2.75, 3.05) is 32.9 Å². The standard InChI is InChI=1S/C13H15F5N2O.ClH/c14-8-12(20-5-3-19-4-6-20)10-7-9(1-2-11(10)15)21-13(16,17)18;/h1-2,7,12,19H,3-6,8H2;1H/t12-;/m0./s1. The van der Waals surface area contributed by atoms with E-state index in [1.165, 1.54) is 0 Å². The molecule has 0 spiro atoms. The number of nitrogens with zero attached hydrogens (tertiary/aromatic N) is 1. The van der Waals surface area contributed by atoms with Crippen molar-refractivity contribution in [3.63, 3.8) is 0 Å². The molecular formula is C13H16ClF5N2O. The van der Waals surface area contributed by atoms with Crippen LogP contribution in [0, 0.1) is 5.82 Å². The highest BCUT2D eigenvalue weighted by molar-refractivity contribution is 5.85. The van der Waals surface area contributed by atoms with Crippen molar-refractivity contribution in [1.82, 2.24) is 10.2 Å². The fourth-order valence-corrected chi connectivity index (χ4v) is 2.35. The maximum absolute atomic E-state index is 13.8. The minimum atomic E-state index is -4.87. The summed E-state index contributed by atoms with van der Waals surface area (Å²) < 4.78 is 67.5. The molecule has 1 atom stereocenters. The van der Waals surface area contributed by atoms with Crippen LogP contribution in [-0.2, 0) is 0 Å². The minimum Gasteiger partial charge on any atom is -0.406 e. The van der Waals surface area contributed by atoms with Crippen LogP contribution in [0.4, 0.5) is 22.0 Å². The van der Waals surface area contributed by atoms with E-state index in [-0.39, 0.29) is 18.0 Å². The van der Waals surface area contributed by atoms with E-state index in [1.54, 1.807) is 4.90 Å². The number of hydrogen-bond acceptors (Lipinski definition) is 3. The molecule has 22 heavy (non-hydrogen) atoms. The van der Waals surface area contributed by atoms with Gasteiger partial charge in [0, 0.05) is 31.7 Å². The van der Waals surface area contributed by atoms with Crippen LogP contribution in [0.1, 0.15) is 11.6 Å². The van der Waals surface area contributed by atoms with E-state index >= 15 is 0 Å². The number of benzene rings is 1. The Morgan fingerprint density at radius 2 is 1.86 bits per heavy atom. The fourth-order valence-electron chi connectivity index (χ4n) is 2.35. The van der Waals surface area contributed by atoms with Crippen LogP contribution in [-0.4, -0.2) is 44.1 Å². The Hall–Kier alpha value is -1.12. The molecule has 3 nitrogen and oxygen atoms in total. The van der Waals surface area contributed by atoms with Gasteiger partial charge in [-0.25, -0.2) is 8.78 Å². The molecule has 0 saturated carbocycles. The number of nitrogens with one attached hydrogen (secondary N) is 1. The number of ether oxygens (including phenoxy) is 1. The minimum absolute atomic E-state index is 0. The lowest BCUT2D eigenvalue weighted by Crippen LogP contribution is -2.45. The highest BCUT2D eigenvalue weighted by Crippen LogP contribution is 2.30. The van der Waals surface area contributed by atoms with Crippen LogP contribution < -0.4 is 10.1 Å². The normalized spacial score (nSPS) is 17.7. The monoisotopic (exact) mass is 346 g/mol. The first-order valence-electron chi connectivity index (χ1n) is 6.46. The van der Waals surface area contributed by atoms with E-state index in [1.807, 2.05) is 0 Å². The summed E-state index contributed by atoms with van der Waals surface area (Å²) >= 11 is 0. The van der Waals surface area contributed by atoms with Gasteiger partial charge in [0.25, 0.3) is 0 Å². The number of piperazine rings is 1. The summed E-state index contributed by atoms with van der Waals surface area (Å²) in [5.74, 6) is -1.29. The van der Waals surface area contributed by atoms with Gasteiger partial charge in [0.2, 0.25) is 0 Å². The summed E-state index contributed by atoms with van der Waals surface area (Å²) in [4.78, 5) is 1.70. The largest absolute Gasteiger partial charge is 0.573 e. The van der Waals surface area contributed by atoms with Crippen LogP contribution in [0.25, 0.3) is 0 Å². The van der Waals surface area contributed by atoms with Crippen molar-refractivity contribution in [3.8, 4) is 5.75 Å². The van der Waals surface area contributed by atoms with E-state index in [9.17, 15) is 22.0 Å². The first kappa shape index (κ1) is 18.9. The second kappa shape index (κ2) is 7.94. The number of rotatable bonds is 4. The first-order valence-corrected chi connectivity index (χ1v) is 6.46. The van der Waals surface area contributed by atoms with Gasteiger partial charge in [0.1, 0.15) is 18.2 Å². The van der Waals surface area contributed by atoms with E-state index in [0.29, 0.717) is 26.2 Å². The van der Waals surface area contributed by atoms with Gasteiger partial charge in [-0.1, -0.05) is 0 Å². The van der Waals surface area contributed by atoms with Crippen molar-refractivity contribution in [3.05, 3.63) is 29.6 Å². The maximum Gasteiger partial charge on any atom is 0.573 e. The molecule has 9 heteroatoms. The van der Waals surface area contributed by atoms with Gasteiger partial charge in [-0.2, -0.15) is 0 Å². The Labute approximate surface area is 130 Å². The molecule has 126 valence electrons. The molecule has 0 aliphatic carbocycles. The molecule has 0 amide bonds. The summed E-state index contributed by atoms with van der Waals surface area (Å²) in [7, 11) is 0. The lowest BCUT2D eigenvalue weighted by Gasteiger charge is -2.33. The van der Waals surface area contributed by atoms with Crippen molar-refractivity contribution in [1.29, 1.82) is 0 Å². The molecule has 1 saturated heterocycles. The average Bonchev–Trinajstić information content (AvgIpc) is 2.43. The molecule has 2 rings (SSSR count). The van der Waals surface area contributed by atoms with Crippen LogP contribution in [0.5, 0.6) is 5.75 Å². The summed E-state index contributed by atoms with van der Waals surface area (Å²) in [5, 5.41) is 3.07. The molecule has 1 aliphatic heterocycles. The Kier molecular flexibility index (Phi) is 6.83. The third-order valence-corrected chi connectivity index (χ3v) is 3.30. The third-order valence-electron chi connectivity index (χ3n) is 3.30. The predicted octanol–water partition coefficient (Wildman–Crippen LogP) is 3.06. The van der Waals surface area contributed by atoms with E-state index in [0.717, 1.165) is 18.2 Å². The lowest BCUT2D eigenvalue weighted by molar-refractivity contribution is -0.274. The van der Waals surface area contributed by atoms with E-state index in [4.69, 9.17) is 0 Å². The van der Waals surface area contributed by atoms with Crippen LogP contribution >= 0.6 is 12.4 Å². The Morgan fingerprint density at radius 1 is 1.23 bits per heavy atom. The van der Waals surface area contributed by atoms with Gasteiger partial charge in [0.15, 0.2) is 0 Å². The van der Waals surface area contributed by atoms with Gasteiger partial charge in [-0.15, -0.1) is 25.6 Å². The van der Waals surface area contributed by atoms with Gasteiger partial charge < -0.3 is 10.1 Å². The zero-order valence-corrected chi connectivity index (χ0v) is 12.3. The van der Waals surface area contributed by atoms with Crippen LogP contribution in [0.15, 0.2) is 18.2 Å². The predicted molar refractivity (Wildman–Crippen MR) is 73.5 cm³/mol. The number of hydrogen-bond donors (Lipinski definition) is 1. The smallest absolute Gasteiger partial charge is 0.406 e. The summed E-state index contributed by atoms with van der Waals surface area (Å²) in [6, 6.07) is 1.74. The van der Waals surface area contributed by atoms with E-state index < -0.39 is 30.6 Å². The maximum atomic E-state index is 13.8. The quantitative estimate of drug-likeness (QED) is 0.848. The molecule has 1 fully saturated rings. The van der Waals surface area contributed by atoms with Gasteiger partial charge >= 0.3 is 6.36 Å². The molecular weight excluding hydrogens is 331 g/mol. The molecule has 0 bridgehead atoms. The molecule has 1 aromatic rings. The van der Waals surface area contributed by atoms with Gasteiger partial charge in [-0.05, 0) is 18.2 Å². The average molecular weight is 347 g/mol. The summed E-state index contributed by atoms with van der Waals surface area (Å²) in [6.45, 7) is 1.36. The second-order valence-electron chi connectivity index (χ2n) is 4.69. The van der Waals surface area contributed by atoms with Crippen molar-refractivity contribution < 1.29 is 26.7 Å². The van der Waals surface area contributed by atoms with Gasteiger partial charge in [-0.3, -0.25) is 4.90 Å². The Morgan fingerprint density at radius 3 is 2.41 bits per heavy atom. The SMILES string of the molecule is Cl.FC[C@@H](c1cc(OC(F)(F)F)ccc1F)N1CCNCC1. The van der Waals surface area contributed by atoms with Gasteiger partial charge in [0.05, 0.1) is 6.04 Å². The molecule has 0 unspecified atom stereocenters. The second-order valence-corrected chi connectivity index (χ2v) is 4.69. The summed E-state index contributed by atoms with van der Waals surface area (Å²) in [5.41, 5.74) is -0.124. The molecule has 0 radical (unpaired) electrons. The zero-order valence-electron chi connectivity index (χ0n) is 11.5. The Balaban J connectivity index is 0.00000242. The molecule has 1 heterocycles. The van der Waals surface area contributed by atoms with Crippen LogP contribution in [0.3, 0.4) is 0 Å². The molecule has 1 N–H and O–H groups in total. The van der Waals surface area contributed by atoms with Crippen molar-refractivity contribution in [2.24, 2.45) is 0 Å². The zero-order chi connectivity index (χ0) is 15.5. The topological polar surface area (TPSA) is 24.5 Å². The fraction of sp³-hybridized carbons (Fsp3) is 0.538. The summed E-state index contributed by atoms with van der Waals surface area (Å²) in [6.07, 6.45) is -4.87. The number of alkyl halides is 4. The third kappa shape index (κ3) is 4.96. The first-order chi connectivity index (χ1) is 9.90. The molecule has 0 aromatic heterocycles.